The zero-order chi connectivity index (χ0) is 12.1. The van der Waals surface area contributed by atoms with Crippen LogP contribution in [0.1, 0.15) is 31.9 Å². The fourth-order valence-corrected chi connectivity index (χ4v) is 1.76. The zero-order valence-electron chi connectivity index (χ0n) is 10.5. The Hall–Kier alpha value is -1.22. The Morgan fingerprint density at radius 2 is 1.88 bits per heavy atom. The summed E-state index contributed by atoms with van der Waals surface area (Å²) in [5, 5.41) is 0. The largest absolute Gasteiger partial charge is 0.497 e. The van der Waals surface area contributed by atoms with Gasteiger partial charge >= 0.3 is 0 Å². The van der Waals surface area contributed by atoms with Gasteiger partial charge < -0.3 is 15.2 Å². The highest BCUT2D eigenvalue weighted by atomic mass is 16.5. The first kappa shape index (κ1) is 12.8. The molecule has 90 valence electrons. The van der Waals surface area contributed by atoms with Crippen molar-refractivity contribution in [2.45, 2.75) is 26.3 Å². The third-order valence-electron chi connectivity index (χ3n) is 2.56. The lowest BCUT2D eigenvalue weighted by Crippen LogP contribution is -2.14. The monoisotopic (exact) mass is 223 g/mol. The molecule has 3 heteroatoms. The van der Waals surface area contributed by atoms with E-state index in [0.29, 0.717) is 5.92 Å². The number of methoxy groups -OCH3 is 2. The Kier molecular flexibility index (Phi) is 4.62. The maximum atomic E-state index is 6.16. The fourth-order valence-electron chi connectivity index (χ4n) is 1.76. The number of ether oxygens (including phenoxy) is 2. The van der Waals surface area contributed by atoms with Crippen LogP contribution in [-0.4, -0.2) is 14.2 Å². The molecule has 0 amide bonds. The van der Waals surface area contributed by atoms with E-state index in [0.717, 1.165) is 23.5 Å². The van der Waals surface area contributed by atoms with Gasteiger partial charge in [0.25, 0.3) is 0 Å². The van der Waals surface area contributed by atoms with Gasteiger partial charge in [0.1, 0.15) is 11.5 Å². The van der Waals surface area contributed by atoms with Crippen molar-refractivity contribution in [3.05, 3.63) is 23.8 Å². The normalized spacial score (nSPS) is 12.6. The Morgan fingerprint density at radius 3 is 2.38 bits per heavy atom. The Balaban J connectivity index is 2.98. The van der Waals surface area contributed by atoms with E-state index in [1.165, 1.54) is 0 Å². The first-order valence-electron chi connectivity index (χ1n) is 5.56. The standard InChI is InChI=1S/C13H21NO2/c1-9(2)7-12(14)11-8-10(15-3)5-6-13(11)16-4/h5-6,8-9,12H,7,14H2,1-4H3/t12-/m0/s1. The molecular formula is C13H21NO2. The molecule has 16 heavy (non-hydrogen) atoms. The van der Waals surface area contributed by atoms with E-state index >= 15 is 0 Å². The number of benzene rings is 1. The first-order valence-corrected chi connectivity index (χ1v) is 5.56. The van der Waals surface area contributed by atoms with Crippen LogP contribution in [0.5, 0.6) is 11.5 Å². The lowest BCUT2D eigenvalue weighted by molar-refractivity contribution is 0.390. The van der Waals surface area contributed by atoms with E-state index in [-0.39, 0.29) is 6.04 Å². The highest BCUT2D eigenvalue weighted by Crippen LogP contribution is 2.31. The first-order chi connectivity index (χ1) is 7.58. The van der Waals surface area contributed by atoms with Gasteiger partial charge in [0.05, 0.1) is 14.2 Å². The van der Waals surface area contributed by atoms with Gasteiger partial charge in [0.2, 0.25) is 0 Å². The van der Waals surface area contributed by atoms with E-state index in [1.807, 2.05) is 18.2 Å². The summed E-state index contributed by atoms with van der Waals surface area (Å²) < 4.78 is 10.5. The number of hydrogen-bond donors (Lipinski definition) is 1. The third kappa shape index (κ3) is 3.14. The van der Waals surface area contributed by atoms with Gasteiger partial charge in [-0.25, -0.2) is 0 Å². The molecule has 1 aromatic carbocycles. The molecule has 0 saturated carbocycles. The highest BCUT2D eigenvalue weighted by Gasteiger charge is 2.14. The summed E-state index contributed by atoms with van der Waals surface area (Å²) in [6, 6.07) is 5.72. The average molecular weight is 223 g/mol. The number of hydrogen-bond acceptors (Lipinski definition) is 3. The molecule has 0 bridgehead atoms. The lowest BCUT2D eigenvalue weighted by atomic mass is 9.97. The Labute approximate surface area is 97.6 Å². The topological polar surface area (TPSA) is 44.5 Å². The van der Waals surface area contributed by atoms with E-state index in [4.69, 9.17) is 15.2 Å². The highest BCUT2D eigenvalue weighted by molar-refractivity contribution is 5.42. The van der Waals surface area contributed by atoms with Crippen molar-refractivity contribution in [2.75, 3.05) is 14.2 Å². The van der Waals surface area contributed by atoms with Crippen LogP contribution in [0.3, 0.4) is 0 Å². The van der Waals surface area contributed by atoms with Crippen LogP contribution >= 0.6 is 0 Å². The van der Waals surface area contributed by atoms with Gasteiger partial charge in [-0.15, -0.1) is 0 Å². The number of rotatable bonds is 5. The molecule has 3 nitrogen and oxygen atoms in total. The van der Waals surface area contributed by atoms with Gasteiger partial charge in [-0.1, -0.05) is 13.8 Å². The SMILES string of the molecule is COc1ccc(OC)c([C@@H](N)CC(C)C)c1. The Bertz CT molecular complexity index is 337. The second-order valence-electron chi connectivity index (χ2n) is 4.34. The van der Waals surface area contributed by atoms with Crippen LogP contribution < -0.4 is 15.2 Å². The van der Waals surface area contributed by atoms with E-state index in [2.05, 4.69) is 13.8 Å². The molecule has 1 aromatic rings. The van der Waals surface area contributed by atoms with Gasteiger partial charge in [-0.05, 0) is 30.5 Å². The maximum absolute atomic E-state index is 6.16. The maximum Gasteiger partial charge on any atom is 0.123 e. The minimum Gasteiger partial charge on any atom is -0.497 e. The minimum atomic E-state index is -0.00921. The number of nitrogens with two attached hydrogens (primary N) is 1. The molecule has 2 N–H and O–H groups in total. The quantitative estimate of drug-likeness (QED) is 0.834. The van der Waals surface area contributed by atoms with Crippen molar-refractivity contribution in [1.82, 2.24) is 0 Å². The van der Waals surface area contributed by atoms with Gasteiger partial charge in [0.15, 0.2) is 0 Å². The summed E-state index contributed by atoms with van der Waals surface area (Å²) in [6.07, 6.45) is 0.934. The van der Waals surface area contributed by atoms with Crippen molar-refractivity contribution in [3.63, 3.8) is 0 Å². The molecule has 0 aromatic heterocycles. The van der Waals surface area contributed by atoms with Crippen LogP contribution in [0.25, 0.3) is 0 Å². The zero-order valence-corrected chi connectivity index (χ0v) is 10.5. The minimum absolute atomic E-state index is 0.00921. The molecule has 0 aliphatic carbocycles. The molecular weight excluding hydrogens is 202 g/mol. The van der Waals surface area contributed by atoms with Crippen molar-refractivity contribution in [1.29, 1.82) is 0 Å². The van der Waals surface area contributed by atoms with E-state index in [9.17, 15) is 0 Å². The molecule has 0 aliphatic heterocycles. The fraction of sp³-hybridized carbons (Fsp3) is 0.538. The molecule has 1 rings (SSSR count). The van der Waals surface area contributed by atoms with Crippen LogP contribution in [0.15, 0.2) is 18.2 Å². The van der Waals surface area contributed by atoms with Crippen molar-refractivity contribution < 1.29 is 9.47 Å². The second-order valence-corrected chi connectivity index (χ2v) is 4.34. The molecule has 1 atom stereocenters. The molecule has 0 aliphatic rings. The third-order valence-corrected chi connectivity index (χ3v) is 2.56. The summed E-state index contributed by atoms with van der Waals surface area (Å²) >= 11 is 0. The summed E-state index contributed by atoms with van der Waals surface area (Å²) in [6.45, 7) is 4.32. The van der Waals surface area contributed by atoms with Crippen molar-refractivity contribution >= 4 is 0 Å². The molecule has 0 unspecified atom stereocenters. The van der Waals surface area contributed by atoms with Crippen LogP contribution in [0.2, 0.25) is 0 Å². The lowest BCUT2D eigenvalue weighted by Gasteiger charge is -2.18. The summed E-state index contributed by atoms with van der Waals surface area (Å²) in [5.74, 6) is 2.20. The van der Waals surface area contributed by atoms with Gasteiger partial charge in [-0.2, -0.15) is 0 Å². The summed E-state index contributed by atoms with van der Waals surface area (Å²) in [7, 11) is 3.31. The predicted octanol–water partition coefficient (Wildman–Crippen LogP) is 2.75. The second kappa shape index (κ2) is 5.75. The van der Waals surface area contributed by atoms with Crippen molar-refractivity contribution in [2.24, 2.45) is 11.7 Å². The molecule has 0 spiro atoms. The van der Waals surface area contributed by atoms with Crippen LogP contribution in [0, 0.1) is 5.92 Å². The molecule has 0 saturated heterocycles. The molecule has 0 heterocycles. The smallest absolute Gasteiger partial charge is 0.123 e. The van der Waals surface area contributed by atoms with Crippen molar-refractivity contribution in [3.8, 4) is 11.5 Å². The van der Waals surface area contributed by atoms with Crippen LogP contribution in [0.4, 0.5) is 0 Å². The summed E-state index contributed by atoms with van der Waals surface area (Å²) in [4.78, 5) is 0. The van der Waals surface area contributed by atoms with Gasteiger partial charge in [0, 0.05) is 11.6 Å². The average Bonchev–Trinajstić information content (AvgIpc) is 2.27. The molecule has 0 radical (unpaired) electrons. The van der Waals surface area contributed by atoms with Crippen LogP contribution in [-0.2, 0) is 0 Å². The van der Waals surface area contributed by atoms with E-state index < -0.39 is 0 Å². The predicted molar refractivity (Wildman–Crippen MR) is 65.9 cm³/mol. The molecule has 0 fully saturated rings. The Morgan fingerprint density at radius 1 is 1.19 bits per heavy atom. The van der Waals surface area contributed by atoms with Gasteiger partial charge in [-0.3, -0.25) is 0 Å². The van der Waals surface area contributed by atoms with E-state index in [1.54, 1.807) is 14.2 Å². The summed E-state index contributed by atoms with van der Waals surface area (Å²) in [5.41, 5.74) is 7.17.